The van der Waals surface area contributed by atoms with Crippen molar-refractivity contribution in [1.29, 1.82) is 0 Å². The van der Waals surface area contributed by atoms with Crippen molar-refractivity contribution in [1.82, 2.24) is 14.7 Å². The van der Waals surface area contributed by atoms with E-state index in [1.807, 2.05) is 0 Å². The molecule has 0 spiro atoms. The minimum absolute atomic E-state index is 0.00267. The highest BCUT2D eigenvalue weighted by Crippen LogP contribution is 2.20. The van der Waals surface area contributed by atoms with Crippen molar-refractivity contribution in [2.24, 2.45) is 0 Å². The van der Waals surface area contributed by atoms with Crippen molar-refractivity contribution in [3.8, 4) is 0 Å². The predicted molar refractivity (Wildman–Crippen MR) is 121 cm³/mol. The first-order valence-corrected chi connectivity index (χ1v) is 10.6. The first kappa shape index (κ1) is 22.3. The zero-order valence-electron chi connectivity index (χ0n) is 17.6. The maximum absolute atomic E-state index is 12.5. The Bertz CT molecular complexity index is 881. The van der Waals surface area contributed by atoms with Crippen LogP contribution >= 0.6 is 11.6 Å². The van der Waals surface area contributed by atoms with E-state index in [0.29, 0.717) is 17.3 Å². The molecular weight excluding hydrogens is 400 g/mol. The first-order chi connectivity index (χ1) is 14.4. The number of para-hydroxylation sites is 1. The average molecular weight is 429 g/mol. The lowest BCUT2D eigenvalue weighted by molar-refractivity contribution is -0.134. The summed E-state index contributed by atoms with van der Waals surface area (Å²) in [4.78, 5) is 30.8. The van der Waals surface area contributed by atoms with Crippen LogP contribution in [0.2, 0.25) is 5.02 Å². The smallest absolute Gasteiger partial charge is 0.244 e. The van der Waals surface area contributed by atoms with Crippen molar-refractivity contribution in [2.45, 2.75) is 13.5 Å². The number of hydrogen-bond donors (Lipinski definition) is 1. The Labute approximate surface area is 183 Å². The van der Waals surface area contributed by atoms with E-state index in [0.717, 1.165) is 32.7 Å². The predicted octanol–water partition coefficient (Wildman–Crippen LogP) is 2.86. The van der Waals surface area contributed by atoms with Crippen molar-refractivity contribution in [3.05, 3.63) is 64.7 Å². The highest BCUT2D eigenvalue weighted by Gasteiger charge is 2.22. The summed E-state index contributed by atoms with van der Waals surface area (Å²) in [6, 6.07) is 15.5. The van der Waals surface area contributed by atoms with E-state index in [4.69, 9.17) is 11.6 Å². The number of nitrogens with zero attached hydrogens (tertiary/aromatic N) is 3. The molecule has 0 unspecified atom stereocenters. The van der Waals surface area contributed by atoms with Crippen LogP contribution < -0.4 is 5.32 Å². The number of carbonyl (C=O) groups excluding carboxylic acids is 2. The molecule has 2 aromatic carbocycles. The molecule has 6 nitrogen and oxygen atoms in total. The number of piperazine rings is 1. The highest BCUT2D eigenvalue weighted by molar-refractivity contribution is 6.33. The zero-order valence-corrected chi connectivity index (χ0v) is 18.4. The summed E-state index contributed by atoms with van der Waals surface area (Å²) in [5.41, 5.74) is 3.22. The minimum Gasteiger partial charge on any atom is -0.335 e. The average Bonchev–Trinajstić information content (AvgIpc) is 2.72. The van der Waals surface area contributed by atoms with Crippen LogP contribution in [-0.2, 0) is 16.1 Å². The van der Waals surface area contributed by atoms with Crippen LogP contribution in [0.25, 0.3) is 0 Å². The Kier molecular flexibility index (Phi) is 7.85. The van der Waals surface area contributed by atoms with E-state index in [1.165, 1.54) is 16.0 Å². The molecule has 0 bridgehead atoms. The summed E-state index contributed by atoms with van der Waals surface area (Å²) in [7, 11) is 1.66. The molecule has 1 aliphatic heterocycles. The molecule has 0 aromatic heterocycles. The fraction of sp³-hybridized carbons (Fsp3) is 0.391. The van der Waals surface area contributed by atoms with Gasteiger partial charge in [0.15, 0.2) is 0 Å². The third kappa shape index (κ3) is 6.29. The van der Waals surface area contributed by atoms with Gasteiger partial charge in [0, 0.05) is 39.8 Å². The molecule has 2 amide bonds. The van der Waals surface area contributed by atoms with Crippen LogP contribution in [0, 0.1) is 6.92 Å². The number of likely N-dealkylation sites (N-methyl/N-ethyl adjacent to an activating group) is 1. The van der Waals surface area contributed by atoms with Crippen LogP contribution in [0.4, 0.5) is 5.69 Å². The summed E-state index contributed by atoms with van der Waals surface area (Å²) in [5, 5.41) is 3.22. The molecule has 1 aliphatic rings. The fourth-order valence-corrected chi connectivity index (χ4v) is 3.68. The Hall–Kier alpha value is -2.41. The lowest BCUT2D eigenvalue weighted by Gasteiger charge is -2.35. The minimum atomic E-state index is -0.262. The Morgan fingerprint density at radius 3 is 2.33 bits per heavy atom. The van der Waals surface area contributed by atoms with Gasteiger partial charge in [-0.15, -0.1) is 0 Å². The number of carbonyl (C=O) groups is 2. The van der Waals surface area contributed by atoms with Gasteiger partial charge in [0.2, 0.25) is 11.8 Å². The molecule has 1 N–H and O–H groups in total. The number of anilines is 1. The molecular formula is C23H29ClN4O2. The van der Waals surface area contributed by atoms with Crippen molar-refractivity contribution in [2.75, 3.05) is 51.6 Å². The Morgan fingerprint density at radius 2 is 1.63 bits per heavy atom. The molecule has 1 fully saturated rings. The van der Waals surface area contributed by atoms with Crippen molar-refractivity contribution in [3.63, 3.8) is 0 Å². The van der Waals surface area contributed by atoms with E-state index in [1.54, 1.807) is 31.3 Å². The second-order valence-electron chi connectivity index (χ2n) is 7.76. The standard InChI is InChI=1S/C23H29ClN4O2/c1-18-7-3-4-8-19(18)15-27-11-13-28(14-12-27)17-23(30)26(2)16-22(29)25-21-10-6-5-9-20(21)24/h3-10H,11-17H2,1-2H3,(H,25,29). The molecule has 30 heavy (non-hydrogen) atoms. The van der Waals surface area contributed by atoms with Gasteiger partial charge in [-0.2, -0.15) is 0 Å². The number of benzene rings is 2. The lowest BCUT2D eigenvalue weighted by Crippen LogP contribution is -2.50. The molecule has 7 heteroatoms. The van der Waals surface area contributed by atoms with Crippen LogP contribution in [0.1, 0.15) is 11.1 Å². The molecule has 1 saturated heterocycles. The molecule has 160 valence electrons. The fourth-order valence-electron chi connectivity index (χ4n) is 3.50. The SMILES string of the molecule is Cc1ccccc1CN1CCN(CC(=O)N(C)CC(=O)Nc2ccccc2Cl)CC1. The largest absolute Gasteiger partial charge is 0.335 e. The summed E-state index contributed by atoms with van der Waals surface area (Å²) in [6.07, 6.45) is 0. The van der Waals surface area contributed by atoms with Crippen LogP contribution in [0.5, 0.6) is 0 Å². The second-order valence-corrected chi connectivity index (χ2v) is 8.16. The summed E-state index contributed by atoms with van der Waals surface area (Å²) in [5.74, 6) is -0.321. The summed E-state index contributed by atoms with van der Waals surface area (Å²) in [6.45, 7) is 6.95. The zero-order chi connectivity index (χ0) is 21.5. The van der Waals surface area contributed by atoms with Gasteiger partial charge in [0.1, 0.15) is 0 Å². The Morgan fingerprint density at radius 1 is 1.00 bits per heavy atom. The molecule has 3 rings (SSSR count). The van der Waals surface area contributed by atoms with Gasteiger partial charge in [0.25, 0.3) is 0 Å². The number of aryl methyl sites for hydroxylation is 1. The third-order valence-electron chi connectivity index (χ3n) is 5.43. The van der Waals surface area contributed by atoms with Gasteiger partial charge < -0.3 is 10.2 Å². The highest BCUT2D eigenvalue weighted by atomic mass is 35.5. The molecule has 0 radical (unpaired) electrons. The number of rotatable bonds is 7. The van der Waals surface area contributed by atoms with Gasteiger partial charge >= 0.3 is 0 Å². The first-order valence-electron chi connectivity index (χ1n) is 10.2. The van der Waals surface area contributed by atoms with E-state index in [2.05, 4.69) is 46.3 Å². The molecule has 1 heterocycles. The number of halogens is 1. The van der Waals surface area contributed by atoms with E-state index < -0.39 is 0 Å². The maximum Gasteiger partial charge on any atom is 0.244 e. The van der Waals surface area contributed by atoms with Gasteiger partial charge in [-0.25, -0.2) is 0 Å². The van der Waals surface area contributed by atoms with Crippen molar-refractivity contribution >= 4 is 29.1 Å². The summed E-state index contributed by atoms with van der Waals surface area (Å²) >= 11 is 6.06. The van der Waals surface area contributed by atoms with Gasteiger partial charge in [0.05, 0.1) is 23.8 Å². The monoisotopic (exact) mass is 428 g/mol. The maximum atomic E-state index is 12.5. The topological polar surface area (TPSA) is 55.9 Å². The third-order valence-corrected chi connectivity index (χ3v) is 5.76. The van der Waals surface area contributed by atoms with Crippen LogP contribution in [0.3, 0.4) is 0 Å². The number of hydrogen-bond acceptors (Lipinski definition) is 4. The molecule has 2 aromatic rings. The number of nitrogens with one attached hydrogen (secondary N) is 1. The van der Waals surface area contributed by atoms with Crippen molar-refractivity contribution < 1.29 is 9.59 Å². The number of amides is 2. The normalized spacial score (nSPS) is 15.0. The molecule has 0 aliphatic carbocycles. The van der Waals surface area contributed by atoms with Gasteiger partial charge in [-0.3, -0.25) is 19.4 Å². The van der Waals surface area contributed by atoms with E-state index in [9.17, 15) is 9.59 Å². The lowest BCUT2D eigenvalue weighted by atomic mass is 10.1. The van der Waals surface area contributed by atoms with Gasteiger partial charge in [-0.05, 0) is 30.2 Å². The van der Waals surface area contributed by atoms with Crippen LogP contribution in [0.15, 0.2) is 48.5 Å². The van der Waals surface area contributed by atoms with Gasteiger partial charge in [-0.1, -0.05) is 48.0 Å². The molecule has 0 atom stereocenters. The van der Waals surface area contributed by atoms with E-state index in [-0.39, 0.29) is 18.4 Å². The van der Waals surface area contributed by atoms with Crippen LogP contribution in [-0.4, -0.2) is 72.8 Å². The van der Waals surface area contributed by atoms with E-state index >= 15 is 0 Å². The second kappa shape index (κ2) is 10.6. The quantitative estimate of drug-likeness (QED) is 0.736. The molecule has 0 saturated carbocycles. The summed E-state index contributed by atoms with van der Waals surface area (Å²) < 4.78 is 0. The Balaban J connectivity index is 1.41.